The Morgan fingerprint density at radius 3 is 2.31 bits per heavy atom. The molecule has 0 spiro atoms. The number of hydrogen-bond donors (Lipinski definition) is 0. The number of carbonyl (C=O) groups excluding carboxylic acids is 2. The molecule has 0 unspecified atom stereocenters. The standard InChI is InChI=1S/C25H18Cl2FN3O5/c26-18-11-16-20(22(27)30-18)29-13-31(16)23-19(28)21(36-25(33)15-9-5-2-6-10-15)17(35-23)12-34-24(32)14-7-3-1-4-8-14/h1-11,13,17,19,21,23H,12H2/t17-,19+,21-,23-/m1/s1. The summed E-state index contributed by atoms with van der Waals surface area (Å²) in [5.74, 6) is -1.36. The third-order valence-corrected chi connectivity index (χ3v) is 6.13. The molecule has 2 aromatic heterocycles. The molecule has 1 aliphatic rings. The van der Waals surface area contributed by atoms with Crippen LogP contribution >= 0.6 is 23.2 Å². The van der Waals surface area contributed by atoms with Crippen LogP contribution in [0.25, 0.3) is 11.0 Å². The summed E-state index contributed by atoms with van der Waals surface area (Å²) < 4.78 is 34.1. The molecule has 36 heavy (non-hydrogen) atoms. The summed E-state index contributed by atoms with van der Waals surface area (Å²) in [5.41, 5.74) is 1.24. The summed E-state index contributed by atoms with van der Waals surface area (Å²) in [6.45, 7) is -0.354. The first kappa shape index (κ1) is 24.2. The lowest BCUT2D eigenvalue weighted by atomic mass is 10.1. The van der Waals surface area contributed by atoms with Crippen molar-refractivity contribution >= 4 is 46.2 Å². The van der Waals surface area contributed by atoms with Crippen LogP contribution in [0.1, 0.15) is 26.9 Å². The minimum Gasteiger partial charge on any atom is -0.459 e. The van der Waals surface area contributed by atoms with E-state index in [-0.39, 0.29) is 22.5 Å². The zero-order chi connectivity index (χ0) is 25.2. The van der Waals surface area contributed by atoms with E-state index in [1.165, 1.54) is 17.0 Å². The van der Waals surface area contributed by atoms with Crippen molar-refractivity contribution in [3.63, 3.8) is 0 Å². The van der Waals surface area contributed by atoms with E-state index in [1.807, 2.05) is 0 Å². The first-order chi connectivity index (χ1) is 17.4. The Hall–Kier alpha value is -3.53. The number of hydrogen-bond acceptors (Lipinski definition) is 7. The van der Waals surface area contributed by atoms with Crippen LogP contribution in [0.4, 0.5) is 4.39 Å². The molecule has 1 fully saturated rings. The molecular formula is C25H18Cl2FN3O5. The fourth-order valence-corrected chi connectivity index (χ4v) is 4.41. The lowest BCUT2D eigenvalue weighted by molar-refractivity contribution is -0.0568. The van der Waals surface area contributed by atoms with Gasteiger partial charge in [0.15, 0.2) is 23.7 Å². The van der Waals surface area contributed by atoms with Crippen molar-refractivity contribution in [2.24, 2.45) is 0 Å². The summed E-state index contributed by atoms with van der Waals surface area (Å²) in [5, 5.41) is 0.133. The lowest BCUT2D eigenvalue weighted by Gasteiger charge is -2.19. The molecule has 0 N–H and O–H groups in total. The molecule has 4 atom stereocenters. The van der Waals surface area contributed by atoms with E-state index in [9.17, 15) is 9.59 Å². The van der Waals surface area contributed by atoms with Gasteiger partial charge in [-0.25, -0.2) is 23.9 Å². The van der Waals surface area contributed by atoms with E-state index in [0.717, 1.165) is 0 Å². The fourth-order valence-electron chi connectivity index (χ4n) is 3.94. The van der Waals surface area contributed by atoms with E-state index >= 15 is 4.39 Å². The van der Waals surface area contributed by atoms with Gasteiger partial charge in [0.25, 0.3) is 0 Å². The van der Waals surface area contributed by atoms with Gasteiger partial charge >= 0.3 is 11.9 Å². The summed E-state index contributed by atoms with van der Waals surface area (Å²) in [6, 6.07) is 18.0. The SMILES string of the molecule is O=C(OC[C@H]1O[C@@H](n2cnc3c(Cl)nc(Cl)cc32)[C@@H](F)[C@@H]1OC(=O)c1ccccc1)c1ccccc1. The van der Waals surface area contributed by atoms with Crippen LogP contribution < -0.4 is 0 Å². The van der Waals surface area contributed by atoms with Crippen LogP contribution in [0, 0.1) is 0 Å². The van der Waals surface area contributed by atoms with E-state index in [1.54, 1.807) is 60.7 Å². The number of esters is 2. The molecule has 1 aliphatic heterocycles. The first-order valence-electron chi connectivity index (χ1n) is 10.9. The fraction of sp³-hybridized carbons (Fsp3) is 0.200. The Morgan fingerprint density at radius 2 is 1.64 bits per heavy atom. The van der Waals surface area contributed by atoms with Gasteiger partial charge in [0.1, 0.15) is 23.4 Å². The predicted octanol–water partition coefficient (Wildman–Crippen LogP) is 5.06. The number of alkyl halides is 1. The van der Waals surface area contributed by atoms with Gasteiger partial charge in [-0.3, -0.25) is 0 Å². The van der Waals surface area contributed by atoms with Gasteiger partial charge in [-0.1, -0.05) is 59.6 Å². The molecular weight excluding hydrogens is 512 g/mol. The highest BCUT2D eigenvalue weighted by molar-refractivity contribution is 6.36. The van der Waals surface area contributed by atoms with Crippen molar-refractivity contribution in [3.05, 3.63) is 94.5 Å². The molecule has 184 valence electrons. The Kier molecular flexibility index (Phi) is 6.86. The largest absolute Gasteiger partial charge is 0.459 e. The second-order valence-electron chi connectivity index (χ2n) is 7.97. The van der Waals surface area contributed by atoms with Gasteiger partial charge in [0.2, 0.25) is 0 Å². The Labute approximate surface area is 214 Å². The number of ether oxygens (including phenoxy) is 3. The molecule has 0 bridgehead atoms. The van der Waals surface area contributed by atoms with Crippen molar-refractivity contribution < 1.29 is 28.2 Å². The summed E-state index contributed by atoms with van der Waals surface area (Å²) in [7, 11) is 0. The van der Waals surface area contributed by atoms with Gasteiger partial charge in [-0.15, -0.1) is 0 Å². The van der Waals surface area contributed by atoms with Crippen molar-refractivity contribution in [3.8, 4) is 0 Å². The zero-order valence-corrected chi connectivity index (χ0v) is 20.0. The summed E-state index contributed by atoms with van der Waals surface area (Å²) in [6.07, 6.45) is -4.24. The van der Waals surface area contributed by atoms with Crippen molar-refractivity contribution in [1.29, 1.82) is 0 Å². The molecule has 11 heteroatoms. The number of nitrogens with zero attached hydrogens (tertiary/aromatic N) is 3. The Bertz CT molecular complexity index is 1400. The quantitative estimate of drug-likeness (QED) is 0.254. The smallest absolute Gasteiger partial charge is 0.338 e. The zero-order valence-electron chi connectivity index (χ0n) is 18.5. The second kappa shape index (κ2) is 10.2. The highest BCUT2D eigenvalue weighted by atomic mass is 35.5. The van der Waals surface area contributed by atoms with Crippen molar-refractivity contribution in [1.82, 2.24) is 14.5 Å². The number of fused-ring (bicyclic) bond motifs is 1. The van der Waals surface area contributed by atoms with Gasteiger partial charge in [0.05, 0.1) is 23.0 Å². The average Bonchev–Trinajstić information content (AvgIpc) is 3.44. The summed E-state index contributed by atoms with van der Waals surface area (Å²) in [4.78, 5) is 33.3. The normalized spacial score (nSPS) is 21.4. The number of benzene rings is 2. The molecule has 0 amide bonds. The number of carbonyl (C=O) groups is 2. The Balaban J connectivity index is 1.42. The monoisotopic (exact) mass is 529 g/mol. The molecule has 2 aromatic carbocycles. The van der Waals surface area contributed by atoms with Crippen LogP contribution in [0.5, 0.6) is 0 Å². The molecule has 5 rings (SSSR count). The molecule has 3 heterocycles. The Morgan fingerprint density at radius 1 is 1.00 bits per heavy atom. The van der Waals surface area contributed by atoms with Crippen LogP contribution in [0.3, 0.4) is 0 Å². The van der Waals surface area contributed by atoms with Gasteiger partial charge in [-0.2, -0.15) is 0 Å². The minimum absolute atomic E-state index is 0.0463. The van der Waals surface area contributed by atoms with Gasteiger partial charge in [0, 0.05) is 6.07 Å². The van der Waals surface area contributed by atoms with Crippen LogP contribution in [0.2, 0.25) is 10.3 Å². The van der Waals surface area contributed by atoms with Gasteiger partial charge < -0.3 is 18.8 Å². The maximum Gasteiger partial charge on any atom is 0.338 e. The summed E-state index contributed by atoms with van der Waals surface area (Å²) >= 11 is 12.2. The highest BCUT2D eigenvalue weighted by Crippen LogP contribution is 2.37. The maximum atomic E-state index is 15.8. The topological polar surface area (TPSA) is 92.5 Å². The third-order valence-electron chi connectivity index (χ3n) is 5.67. The van der Waals surface area contributed by atoms with Crippen LogP contribution in [-0.2, 0) is 14.2 Å². The van der Waals surface area contributed by atoms with E-state index in [0.29, 0.717) is 16.6 Å². The minimum atomic E-state index is -1.83. The van der Waals surface area contributed by atoms with Crippen molar-refractivity contribution in [2.75, 3.05) is 6.61 Å². The second-order valence-corrected chi connectivity index (χ2v) is 8.71. The predicted molar refractivity (Wildman–Crippen MR) is 129 cm³/mol. The van der Waals surface area contributed by atoms with Gasteiger partial charge in [-0.05, 0) is 24.3 Å². The lowest BCUT2D eigenvalue weighted by Crippen LogP contribution is -2.37. The first-order valence-corrected chi connectivity index (χ1v) is 11.6. The molecule has 0 aliphatic carbocycles. The van der Waals surface area contributed by atoms with E-state index in [2.05, 4.69) is 9.97 Å². The average molecular weight is 530 g/mol. The molecule has 8 nitrogen and oxygen atoms in total. The molecule has 4 aromatic rings. The molecule has 1 saturated heterocycles. The third kappa shape index (κ3) is 4.77. The number of rotatable bonds is 6. The number of halogens is 3. The number of pyridine rings is 1. The number of aromatic nitrogens is 3. The van der Waals surface area contributed by atoms with Crippen LogP contribution in [0.15, 0.2) is 73.1 Å². The number of imidazole rings is 1. The van der Waals surface area contributed by atoms with Crippen molar-refractivity contribution in [2.45, 2.75) is 24.6 Å². The maximum absolute atomic E-state index is 15.8. The molecule has 0 saturated carbocycles. The van der Waals surface area contributed by atoms with Crippen LogP contribution in [-0.4, -0.2) is 51.5 Å². The highest BCUT2D eigenvalue weighted by Gasteiger charge is 2.49. The van der Waals surface area contributed by atoms with E-state index in [4.69, 9.17) is 37.4 Å². The van der Waals surface area contributed by atoms with E-state index < -0.39 is 36.5 Å². The molecule has 0 radical (unpaired) electrons.